The maximum atomic E-state index is 5.33. The maximum absolute atomic E-state index is 5.33. The topological polar surface area (TPSA) is 28.7 Å². The van der Waals surface area contributed by atoms with Crippen LogP contribution < -0.4 is 0 Å². The van der Waals surface area contributed by atoms with Gasteiger partial charge >= 0.3 is 0 Å². The lowest BCUT2D eigenvalue weighted by atomic mass is 10.2. The molecule has 0 spiro atoms. The van der Waals surface area contributed by atoms with Gasteiger partial charge < -0.3 is 4.98 Å². The Hall–Kier alpha value is -0.520. The van der Waals surface area contributed by atoms with E-state index in [9.17, 15) is 0 Å². The Kier molecular flexibility index (Phi) is 2.69. The quantitative estimate of drug-likeness (QED) is 0.802. The first kappa shape index (κ1) is 10.6. The van der Waals surface area contributed by atoms with E-state index in [1.54, 1.807) is 11.3 Å². The first-order chi connectivity index (χ1) is 7.74. The Morgan fingerprint density at radius 1 is 1.38 bits per heavy atom. The molecule has 82 valence electrons. The molecule has 16 heavy (non-hydrogen) atoms. The van der Waals surface area contributed by atoms with Crippen LogP contribution in [0.2, 0.25) is 0 Å². The predicted octanol–water partition coefficient (Wildman–Crippen LogP) is 4.12. The summed E-state index contributed by atoms with van der Waals surface area (Å²) in [6, 6.07) is 4.09. The predicted molar refractivity (Wildman–Crippen MR) is 72.5 cm³/mol. The molecule has 0 aromatic carbocycles. The largest absolute Gasteiger partial charge is 0.342 e. The molecular weight excluding hydrogens is 304 g/mol. The van der Waals surface area contributed by atoms with Gasteiger partial charge in [0.25, 0.3) is 0 Å². The van der Waals surface area contributed by atoms with Crippen molar-refractivity contribution in [3.63, 3.8) is 0 Å². The van der Waals surface area contributed by atoms with Gasteiger partial charge in [-0.2, -0.15) is 0 Å². The van der Waals surface area contributed by atoms with Crippen molar-refractivity contribution in [1.29, 1.82) is 0 Å². The fourth-order valence-corrected chi connectivity index (χ4v) is 3.66. The number of halogens is 1. The number of aromatic nitrogens is 2. The zero-order valence-electron chi connectivity index (χ0n) is 8.42. The van der Waals surface area contributed by atoms with E-state index >= 15 is 0 Å². The van der Waals surface area contributed by atoms with Crippen molar-refractivity contribution < 1.29 is 0 Å². The molecule has 2 aromatic rings. The van der Waals surface area contributed by atoms with Gasteiger partial charge in [-0.25, -0.2) is 4.98 Å². The third-order valence-corrected chi connectivity index (χ3v) is 4.73. The first-order valence-electron chi connectivity index (χ1n) is 5.12. The maximum Gasteiger partial charge on any atom is 0.149 e. The van der Waals surface area contributed by atoms with Crippen molar-refractivity contribution >= 4 is 39.5 Å². The number of hydrogen-bond acceptors (Lipinski definition) is 3. The Balaban J connectivity index is 2.16. The molecule has 0 saturated carbocycles. The molecule has 0 atom stereocenters. The molecule has 5 heteroatoms. The summed E-state index contributed by atoms with van der Waals surface area (Å²) < 4.78 is 1.88. The van der Waals surface area contributed by atoms with Crippen LogP contribution in [0.1, 0.15) is 17.7 Å². The SMILES string of the molecule is S=c1nc(-c2ccc(Br)s2)[nH]c2c1CCC2. The standard InChI is InChI=1S/C11H9BrN2S2/c12-9-5-4-8(16-9)10-13-7-3-1-2-6(7)11(15)14-10/h4-5H,1-3H2,(H,13,14,15). The first-order valence-corrected chi connectivity index (χ1v) is 7.13. The summed E-state index contributed by atoms with van der Waals surface area (Å²) >= 11 is 10.5. The molecule has 0 aliphatic heterocycles. The summed E-state index contributed by atoms with van der Waals surface area (Å²) in [6.07, 6.45) is 3.36. The van der Waals surface area contributed by atoms with Gasteiger partial charge in [-0.1, -0.05) is 12.2 Å². The van der Waals surface area contributed by atoms with E-state index in [4.69, 9.17) is 12.2 Å². The molecule has 2 heterocycles. The molecule has 2 nitrogen and oxygen atoms in total. The van der Waals surface area contributed by atoms with E-state index < -0.39 is 0 Å². The van der Waals surface area contributed by atoms with Crippen molar-refractivity contribution in [1.82, 2.24) is 9.97 Å². The number of hydrogen-bond donors (Lipinski definition) is 1. The zero-order valence-corrected chi connectivity index (χ0v) is 11.6. The third kappa shape index (κ3) is 1.77. The summed E-state index contributed by atoms with van der Waals surface area (Å²) in [5.41, 5.74) is 2.52. The molecule has 0 saturated heterocycles. The van der Waals surface area contributed by atoms with Crippen LogP contribution >= 0.6 is 39.5 Å². The van der Waals surface area contributed by atoms with E-state index in [1.165, 1.54) is 17.7 Å². The van der Waals surface area contributed by atoms with E-state index in [1.807, 2.05) is 6.07 Å². The molecule has 1 N–H and O–H groups in total. The highest BCUT2D eigenvalue weighted by atomic mass is 79.9. The van der Waals surface area contributed by atoms with Gasteiger partial charge in [0.2, 0.25) is 0 Å². The van der Waals surface area contributed by atoms with Crippen LogP contribution in [-0.4, -0.2) is 9.97 Å². The van der Waals surface area contributed by atoms with Crippen LogP contribution in [0.4, 0.5) is 0 Å². The number of thiophene rings is 1. The van der Waals surface area contributed by atoms with Crippen LogP contribution in [-0.2, 0) is 12.8 Å². The summed E-state index contributed by atoms with van der Waals surface area (Å²) in [5.74, 6) is 0.904. The second-order valence-corrected chi connectivity index (χ2v) is 6.65. The van der Waals surface area contributed by atoms with Crippen LogP contribution in [0.5, 0.6) is 0 Å². The zero-order chi connectivity index (χ0) is 11.1. The number of nitrogens with one attached hydrogen (secondary N) is 1. The number of nitrogens with zero attached hydrogens (tertiary/aromatic N) is 1. The van der Waals surface area contributed by atoms with Gasteiger partial charge in [-0.3, -0.25) is 0 Å². The average molecular weight is 313 g/mol. The normalized spacial score (nSPS) is 14.1. The van der Waals surface area contributed by atoms with E-state index in [-0.39, 0.29) is 0 Å². The van der Waals surface area contributed by atoms with E-state index in [2.05, 4.69) is 32.0 Å². The number of fused-ring (bicyclic) bond motifs is 1. The highest BCUT2D eigenvalue weighted by Crippen LogP contribution is 2.30. The third-order valence-electron chi connectivity index (χ3n) is 2.77. The van der Waals surface area contributed by atoms with E-state index in [0.29, 0.717) is 0 Å². The molecule has 0 unspecified atom stereocenters. The second kappa shape index (κ2) is 4.05. The van der Waals surface area contributed by atoms with Crippen LogP contribution in [0.3, 0.4) is 0 Å². The Labute approximate surface area is 111 Å². The van der Waals surface area contributed by atoms with Gasteiger partial charge in [-0.15, -0.1) is 11.3 Å². The molecule has 0 radical (unpaired) electrons. The molecule has 0 bridgehead atoms. The summed E-state index contributed by atoms with van der Waals surface area (Å²) in [6.45, 7) is 0. The van der Waals surface area contributed by atoms with E-state index in [0.717, 1.165) is 32.0 Å². The lowest BCUT2D eigenvalue weighted by Gasteiger charge is -2.03. The molecule has 2 aromatic heterocycles. The average Bonchev–Trinajstić information content (AvgIpc) is 2.85. The molecule has 0 fully saturated rings. The number of H-pyrrole nitrogens is 1. The molecular formula is C11H9BrN2S2. The highest BCUT2D eigenvalue weighted by Gasteiger charge is 2.15. The smallest absolute Gasteiger partial charge is 0.149 e. The lowest BCUT2D eigenvalue weighted by Crippen LogP contribution is -1.95. The minimum atomic E-state index is 0.769. The van der Waals surface area contributed by atoms with Gasteiger partial charge in [0.1, 0.15) is 10.5 Å². The minimum absolute atomic E-state index is 0.769. The van der Waals surface area contributed by atoms with Crippen LogP contribution in [0, 0.1) is 4.64 Å². The van der Waals surface area contributed by atoms with Crippen molar-refractivity contribution in [3.05, 3.63) is 31.8 Å². The van der Waals surface area contributed by atoms with Gasteiger partial charge in [0.15, 0.2) is 0 Å². The van der Waals surface area contributed by atoms with Crippen molar-refractivity contribution in [2.75, 3.05) is 0 Å². The lowest BCUT2D eigenvalue weighted by molar-refractivity contribution is 0.899. The fourth-order valence-electron chi connectivity index (χ4n) is 2.02. The monoisotopic (exact) mass is 312 g/mol. The molecule has 1 aliphatic carbocycles. The number of rotatable bonds is 1. The molecule has 1 aliphatic rings. The Morgan fingerprint density at radius 2 is 2.25 bits per heavy atom. The molecule has 3 rings (SSSR count). The minimum Gasteiger partial charge on any atom is -0.342 e. The Morgan fingerprint density at radius 3 is 3.00 bits per heavy atom. The van der Waals surface area contributed by atoms with Crippen molar-refractivity contribution in [2.45, 2.75) is 19.3 Å². The number of aryl methyl sites for hydroxylation is 1. The summed E-state index contributed by atoms with van der Waals surface area (Å²) in [5, 5.41) is 0. The molecule has 0 amide bonds. The summed E-state index contributed by atoms with van der Waals surface area (Å²) in [4.78, 5) is 9.02. The van der Waals surface area contributed by atoms with Crippen LogP contribution in [0.15, 0.2) is 15.9 Å². The highest BCUT2D eigenvalue weighted by molar-refractivity contribution is 9.11. The van der Waals surface area contributed by atoms with Crippen molar-refractivity contribution in [2.24, 2.45) is 0 Å². The Bertz CT molecular complexity index is 600. The fraction of sp³-hybridized carbons (Fsp3) is 0.273. The van der Waals surface area contributed by atoms with Crippen molar-refractivity contribution in [3.8, 4) is 10.7 Å². The summed E-state index contributed by atoms with van der Waals surface area (Å²) in [7, 11) is 0. The van der Waals surface area contributed by atoms with Gasteiger partial charge in [0, 0.05) is 11.3 Å². The number of aromatic amines is 1. The second-order valence-electron chi connectivity index (χ2n) is 3.80. The van der Waals surface area contributed by atoms with Gasteiger partial charge in [0.05, 0.1) is 8.66 Å². The van der Waals surface area contributed by atoms with Gasteiger partial charge in [-0.05, 0) is 47.3 Å². The van der Waals surface area contributed by atoms with Crippen LogP contribution in [0.25, 0.3) is 10.7 Å².